The van der Waals surface area contributed by atoms with Crippen LogP contribution in [0, 0.1) is 11.8 Å². The number of fused-ring (bicyclic) bond motifs is 3. The summed E-state index contributed by atoms with van der Waals surface area (Å²) in [6.07, 6.45) is 7.85. The average molecular weight is 677 g/mol. The maximum atomic E-state index is 14.3. The monoisotopic (exact) mass is 676 g/mol. The molecule has 0 spiro atoms. The molecule has 1 aromatic carbocycles. The van der Waals surface area contributed by atoms with Gasteiger partial charge >= 0.3 is 0 Å². The molecule has 0 saturated heterocycles. The van der Waals surface area contributed by atoms with Crippen molar-refractivity contribution in [3.8, 4) is 5.75 Å². The summed E-state index contributed by atoms with van der Waals surface area (Å²) in [6.45, 7) is 0. The Kier molecular flexibility index (Phi) is 7.81. The van der Waals surface area contributed by atoms with Crippen LogP contribution in [-0.4, -0.2) is 70.5 Å². The van der Waals surface area contributed by atoms with Gasteiger partial charge in [0.15, 0.2) is 11.5 Å². The van der Waals surface area contributed by atoms with Gasteiger partial charge in [-0.25, -0.2) is 0 Å². The van der Waals surface area contributed by atoms with Crippen LogP contribution in [0.2, 0.25) is 0 Å². The predicted octanol–water partition coefficient (Wildman–Crippen LogP) is 3.52. The molecule has 218 valence electrons. The molecule has 5 N–H and O–H groups in total. The normalized spacial score (nSPS) is 27.7. The number of ketones is 2. The number of amides is 1. The number of allylic oxidation sites excluding steroid dienone is 3. The summed E-state index contributed by atoms with van der Waals surface area (Å²) >= 11 is 1.49. The van der Waals surface area contributed by atoms with Crippen molar-refractivity contribution in [2.75, 3.05) is 21.2 Å². The summed E-state index contributed by atoms with van der Waals surface area (Å²) in [4.78, 5) is 41.5. The van der Waals surface area contributed by atoms with Crippen LogP contribution in [0.5, 0.6) is 5.75 Å². The molecule has 0 bridgehead atoms. The van der Waals surface area contributed by atoms with Gasteiger partial charge in [-0.15, -0.1) is 0 Å². The number of phenolic OH excluding ortho intramolecular Hbond substituents is 1. The summed E-state index contributed by atoms with van der Waals surface area (Å²) in [7, 11) is 4.93. The van der Waals surface area contributed by atoms with E-state index in [9.17, 15) is 29.7 Å². The van der Waals surface area contributed by atoms with Crippen molar-refractivity contribution in [1.82, 2.24) is 4.90 Å². The van der Waals surface area contributed by atoms with Crippen LogP contribution in [0.15, 0.2) is 52.5 Å². The standard InChI is InChI=1S/C30H33IN2O8/c1-33(2)24-19-13-16-12-18-15(8-7-14-5-4-6-17(11-14)40-3)9-10-20(34)22(18)25(35)21(16)27(37)30(19,41-31)28(38)23(26(24)36)29(32)39/h6,9-11,16,19,24,34-35,38H,4-5,7-8,12-13H2,1-3H3,(H2,32,39)/t16-,19-,24-,30-/m0/s1. The number of halogens is 1. The van der Waals surface area contributed by atoms with Crippen molar-refractivity contribution in [1.29, 1.82) is 0 Å². The largest absolute Gasteiger partial charge is 0.508 e. The molecule has 4 aliphatic carbocycles. The first kappa shape index (κ1) is 29.3. The SMILES string of the molecule is COC1=CCCC(CCc2ccc(O)c3c2C[C@H]2C[C@H]4[C@H](N(C)C)C(=O)C(C(N)=O)=C(O)[C@@]4(OI)C(=O)C2=C3O)=C1. The molecular weight excluding hydrogens is 643 g/mol. The topological polar surface area (TPSA) is 160 Å². The highest BCUT2D eigenvalue weighted by molar-refractivity contribution is 14.1. The second-order valence-electron chi connectivity index (χ2n) is 11.3. The first-order valence-electron chi connectivity index (χ1n) is 13.5. The molecule has 41 heavy (non-hydrogen) atoms. The minimum Gasteiger partial charge on any atom is -0.508 e. The minimum absolute atomic E-state index is 0.00930. The van der Waals surface area contributed by atoms with Crippen molar-refractivity contribution in [2.45, 2.75) is 50.2 Å². The highest BCUT2D eigenvalue weighted by atomic mass is 127. The lowest BCUT2D eigenvalue weighted by Gasteiger charge is -2.51. The number of carbonyl (C=O) groups excluding carboxylic acids is 3. The number of likely N-dealkylation sites (N-methyl/N-ethyl adjacent to an activating group) is 1. The first-order valence-corrected chi connectivity index (χ1v) is 14.3. The molecule has 0 unspecified atom stereocenters. The van der Waals surface area contributed by atoms with E-state index in [1.165, 1.54) is 34.6 Å². The number of rotatable bonds is 7. The summed E-state index contributed by atoms with van der Waals surface area (Å²) in [5, 5.41) is 33.6. The maximum absolute atomic E-state index is 14.3. The molecule has 0 aliphatic heterocycles. The number of benzene rings is 1. The number of aromatic hydroxyl groups is 1. The second-order valence-corrected chi connectivity index (χ2v) is 11.7. The summed E-state index contributed by atoms with van der Waals surface area (Å²) in [6, 6.07) is 2.36. The van der Waals surface area contributed by atoms with Gasteiger partial charge in [0.2, 0.25) is 11.4 Å². The molecule has 1 amide bonds. The van der Waals surface area contributed by atoms with E-state index in [1.807, 2.05) is 18.2 Å². The smallest absolute Gasteiger partial charge is 0.255 e. The lowest BCUT2D eigenvalue weighted by Crippen LogP contribution is -2.66. The van der Waals surface area contributed by atoms with Gasteiger partial charge < -0.3 is 25.8 Å². The third kappa shape index (κ3) is 4.49. The number of aliphatic hydroxyl groups excluding tert-OH is 2. The van der Waals surface area contributed by atoms with Gasteiger partial charge in [0.1, 0.15) is 45.8 Å². The van der Waals surface area contributed by atoms with Crippen molar-refractivity contribution in [2.24, 2.45) is 17.6 Å². The highest BCUT2D eigenvalue weighted by Gasteiger charge is 2.66. The fraction of sp³-hybridized carbons (Fsp3) is 0.433. The van der Waals surface area contributed by atoms with Gasteiger partial charge in [-0.2, -0.15) is 0 Å². The fourth-order valence-electron chi connectivity index (χ4n) is 7.02. The molecule has 5 rings (SSSR count). The van der Waals surface area contributed by atoms with Gasteiger partial charge in [0.25, 0.3) is 5.91 Å². The molecule has 0 aromatic heterocycles. The average Bonchev–Trinajstić information content (AvgIpc) is 2.92. The Hall–Kier alpha value is -3.16. The number of methoxy groups -OCH3 is 1. The second kappa shape index (κ2) is 10.9. The third-order valence-electron chi connectivity index (χ3n) is 8.90. The molecular formula is C30H33IN2O8. The van der Waals surface area contributed by atoms with Crippen molar-refractivity contribution in [3.63, 3.8) is 0 Å². The van der Waals surface area contributed by atoms with Crippen molar-refractivity contribution in [3.05, 3.63) is 69.2 Å². The molecule has 1 saturated carbocycles. The quantitative estimate of drug-likeness (QED) is 0.251. The Morgan fingerprint density at radius 1 is 1.20 bits per heavy atom. The first-order chi connectivity index (χ1) is 19.5. The van der Waals surface area contributed by atoms with Gasteiger partial charge in [-0.1, -0.05) is 11.6 Å². The number of hydrogen-bond donors (Lipinski definition) is 4. The number of ether oxygens (including phenoxy) is 1. The van der Waals surface area contributed by atoms with Crippen LogP contribution in [0.3, 0.4) is 0 Å². The Balaban J connectivity index is 1.61. The number of nitrogens with zero attached hydrogens (tertiary/aromatic N) is 1. The van der Waals surface area contributed by atoms with Crippen LogP contribution in [0.1, 0.15) is 42.4 Å². The molecule has 10 nitrogen and oxygen atoms in total. The summed E-state index contributed by atoms with van der Waals surface area (Å²) in [5.74, 6) is -4.57. The number of aliphatic hydroxyl groups is 2. The molecule has 0 heterocycles. The Morgan fingerprint density at radius 3 is 2.56 bits per heavy atom. The van der Waals surface area contributed by atoms with E-state index in [-0.39, 0.29) is 29.1 Å². The molecule has 0 radical (unpaired) electrons. The molecule has 1 fully saturated rings. The lowest BCUT2D eigenvalue weighted by atomic mass is 9.57. The van der Waals surface area contributed by atoms with E-state index in [2.05, 4.69) is 0 Å². The van der Waals surface area contributed by atoms with Crippen LogP contribution >= 0.6 is 23.0 Å². The zero-order valence-corrected chi connectivity index (χ0v) is 25.2. The summed E-state index contributed by atoms with van der Waals surface area (Å²) in [5.41, 5.74) is 5.76. The fourth-order valence-corrected chi connectivity index (χ4v) is 7.75. The van der Waals surface area contributed by atoms with E-state index < -0.39 is 52.3 Å². The highest BCUT2D eigenvalue weighted by Crippen LogP contribution is 2.55. The van der Waals surface area contributed by atoms with E-state index in [0.29, 0.717) is 12.8 Å². The summed E-state index contributed by atoms with van der Waals surface area (Å²) < 4.78 is 11.1. The number of carbonyl (C=O) groups is 3. The Bertz CT molecular complexity index is 1470. The van der Waals surface area contributed by atoms with Crippen LogP contribution in [0.4, 0.5) is 0 Å². The van der Waals surface area contributed by atoms with Crippen LogP contribution in [0.25, 0.3) is 5.76 Å². The Morgan fingerprint density at radius 2 is 1.93 bits per heavy atom. The zero-order chi connectivity index (χ0) is 29.8. The number of phenols is 1. The van der Waals surface area contributed by atoms with Gasteiger partial charge in [-0.3, -0.25) is 22.3 Å². The molecule has 11 heteroatoms. The molecule has 4 atom stereocenters. The minimum atomic E-state index is -2.11. The van der Waals surface area contributed by atoms with Gasteiger partial charge in [0.05, 0.1) is 18.7 Å². The lowest BCUT2D eigenvalue weighted by molar-refractivity contribution is -0.145. The number of aryl methyl sites for hydroxylation is 1. The van der Waals surface area contributed by atoms with E-state index in [1.54, 1.807) is 26.1 Å². The van der Waals surface area contributed by atoms with Crippen molar-refractivity contribution < 1.29 is 37.5 Å². The number of Topliss-reactive ketones (excluding diaryl/α,β-unsaturated/α-hetero) is 2. The molecule has 4 aliphatic rings. The van der Waals surface area contributed by atoms with Gasteiger partial charge in [-0.05, 0) is 87.9 Å². The Labute approximate surface area is 251 Å². The predicted molar refractivity (Wildman–Crippen MR) is 158 cm³/mol. The maximum Gasteiger partial charge on any atom is 0.255 e. The van der Waals surface area contributed by atoms with Crippen LogP contribution < -0.4 is 5.73 Å². The van der Waals surface area contributed by atoms with E-state index >= 15 is 0 Å². The number of nitrogens with two attached hydrogens (primary N) is 1. The zero-order valence-electron chi connectivity index (χ0n) is 23.1. The van der Waals surface area contributed by atoms with Crippen molar-refractivity contribution >= 4 is 46.2 Å². The van der Waals surface area contributed by atoms with Crippen LogP contribution in [-0.2, 0) is 35.0 Å². The van der Waals surface area contributed by atoms with E-state index in [0.717, 1.165) is 36.1 Å². The number of hydrogen-bond acceptors (Lipinski definition) is 9. The molecule has 1 aromatic rings. The number of primary amides is 1. The van der Waals surface area contributed by atoms with Gasteiger partial charge in [0, 0.05) is 11.5 Å². The van der Waals surface area contributed by atoms with E-state index in [4.69, 9.17) is 13.5 Å². The third-order valence-corrected chi connectivity index (χ3v) is 9.59.